The zero-order chi connectivity index (χ0) is 45.5. The quantitative estimate of drug-likeness (QED) is 0.0755. The summed E-state index contributed by atoms with van der Waals surface area (Å²) in [5.41, 5.74) is -4.10. The third kappa shape index (κ3) is 13.4. The normalized spacial score (nSPS) is 13.9. The molecule has 0 aromatic rings. The minimum atomic E-state index is -8.73. The van der Waals surface area contributed by atoms with Gasteiger partial charge in [0.25, 0.3) is 10.1 Å². The average Bonchev–Trinajstić information content (AvgIpc) is 2.96. The van der Waals surface area contributed by atoms with Crippen LogP contribution in [0.4, 0.5) is 87.8 Å². The number of hydrogen-bond donors (Lipinski definition) is 2. The first-order valence-electron chi connectivity index (χ1n) is 13.1. The molecule has 1 amide bonds. The number of rotatable bonds is 15. The zero-order valence-corrected chi connectivity index (χ0v) is 28.0. The molecule has 0 saturated carbocycles. The Labute approximate surface area is 295 Å². The van der Waals surface area contributed by atoms with Crippen molar-refractivity contribution in [3.63, 3.8) is 0 Å². The van der Waals surface area contributed by atoms with Gasteiger partial charge in [0.05, 0.1) is 17.9 Å². The van der Waals surface area contributed by atoms with Crippen molar-refractivity contribution in [3.8, 4) is 0 Å². The van der Waals surface area contributed by atoms with Gasteiger partial charge in [-0.2, -0.15) is 96.2 Å². The van der Waals surface area contributed by atoms with Gasteiger partial charge in [0.2, 0.25) is 5.91 Å². The van der Waals surface area contributed by atoms with E-state index < -0.39 is 112 Å². The molecule has 0 aliphatic heterocycles. The van der Waals surface area contributed by atoms with E-state index in [-0.39, 0.29) is 0 Å². The second-order valence-electron chi connectivity index (χ2n) is 10.4. The van der Waals surface area contributed by atoms with Crippen LogP contribution in [0, 0.1) is 0 Å². The summed E-state index contributed by atoms with van der Waals surface area (Å²) in [6.45, 7) is 9.20. The fraction of sp³-hybridized carbons (Fsp3) is 0.640. The van der Waals surface area contributed by atoms with Crippen LogP contribution in [0.5, 0.6) is 0 Å². The van der Waals surface area contributed by atoms with E-state index in [0.717, 1.165) is 13.0 Å². The Morgan fingerprint density at radius 2 is 1.02 bits per heavy atom. The number of alkyl halides is 20. The molecule has 9 nitrogen and oxygen atoms in total. The lowest BCUT2D eigenvalue weighted by Crippen LogP contribution is -2.74. The van der Waals surface area contributed by atoms with Gasteiger partial charge in [-0.1, -0.05) is 19.7 Å². The Morgan fingerprint density at radius 3 is 1.31 bits per heavy atom. The number of hydrogen-bond acceptors (Lipinski definition) is 7. The average molecular weight is 880 g/mol. The molecule has 55 heavy (non-hydrogen) atoms. The Kier molecular flexibility index (Phi) is 18.1. The standard InChI is InChI=1S/C13H7F17O2.C7H13NO4S.C5H5F3O2/c1-3-32-5(31)4(2)6(14,15)7(16,17)8(18,19)9(20,21)10(22,23)11(24,25)12(26,27)13(28,29)30;1-4-6(9)8-7(2,3)5-13(10,11)12;1-2-4(9)10-3-5(6,7)8/h2-3H2,1H3;4H,1,5H2,2-3H3,(H,8,9)(H,10,11,12);2H,1,3H2. The van der Waals surface area contributed by atoms with Gasteiger partial charge in [-0.3, -0.25) is 9.35 Å². The number of carbonyl (C=O) groups is 3. The fourth-order valence-corrected chi connectivity index (χ4v) is 3.77. The van der Waals surface area contributed by atoms with Crippen LogP contribution < -0.4 is 5.32 Å². The number of amides is 1. The van der Waals surface area contributed by atoms with Crippen LogP contribution in [-0.4, -0.2) is 109 Å². The molecule has 0 saturated heterocycles. The Bertz CT molecular complexity index is 1500. The molecule has 0 fully saturated rings. The molecule has 0 spiro atoms. The van der Waals surface area contributed by atoms with Crippen LogP contribution in [-0.2, 0) is 34.0 Å². The molecule has 0 rings (SSSR count). The molecule has 0 heterocycles. The van der Waals surface area contributed by atoms with Crippen molar-refractivity contribution in [1.29, 1.82) is 0 Å². The third-order valence-corrected chi connectivity index (χ3v) is 6.44. The summed E-state index contributed by atoms with van der Waals surface area (Å²) in [6, 6.07) is 0. The topological polar surface area (TPSA) is 136 Å². The van der Waals surface area contributed by atoms with E-state index in [1.165, 1.54) is 13.8 Å². The van der Waals surface area contributed by atoms with Crippen LogP contribution in [0.25, 0.3) is 0 Å². The lowest BCUT2D eigenvalue weighted by Gasteiger charge is -2.42. The van der Waals surface area contributed by atoms with E-state index in [2.05, 4.69) is 27.9 Å². The largest absolute Gasteiger partial charge is 0.462 e. The van der Waals surface area contributed by atoms with Gasteiger partial charge < -0.3 is 14.8 Å². The van der Waals surface area contributed by atoms with Crippen molar-refractivity contribution >= 4 is 28.0 Å². The van der Waals surface area contributed by atoms with Gasteiger partial charge >= 0.3 is 65.7 Å². The fourth-order valence-electron chi connectivity index (χ4n) is 2.79. The molecule has 0 bridgehead atoms. The molecule has 0 unspecified atom stereocenters. The first-order chi connectivity index (χ1) is 23.8. The summed E-state index contributed by atoms with van der Waals surface area (Å²) in [7, 11) is -4.08. The monoisotopic (exact) mass is 879 g/mol. The maximum atomic E-state index is 13.6. The van der Waals surface area contributed by atoms with E-state index in [1.807, 2.05) is 0 Å². The lowest BCUT2D eigenvalue weighted by atomic mass is 9.87. The van der Waals surface area contributed by atoms with Gasteiger partial charge in [-0.25, -0.2) is 9.59 Å². The second-order valence-corrected chi connectivity index (χ2v) is 11.9. The van der Waals surface area contributed by atoms with E-state index in [9.17, 15) is 111 Å². The first kappa shape index (κ1) is 55.5. The molecule has 0 aromatic heterocycles. The third-order valence-electron chi connectivity index (χ3n) is 5.36. The number of ether oxygens (including phenoxy) is 2. The molecule has 0 radical (unpaired) electrons. The van der Waals surface area contributed by atoms with Crippen molar-refractivity contribution in [2.45, 2.75) is 80.1 Å². The number of nitrogens with one attached hydrogen (secondary N) is 1. The number of halogens is 20. The van der Waals surface area contributed by atoms with E-state index in [1.54, 1.807) is 6.58 Å². The van der Waals surface area contributed by atoms with Crippen molar-refractivity contribution in [2.24, 2.45) is 0 Å². The highest BCUT2D eigenvalue weighted by molar-refractivity contribution is 7.85. The first-order valence-corrected chi connectivity index (χ1v) is 14.7. The predicted molar refractivity (Wildman–Crippen MR) is 143 cm³/mol. The molecule has 0 atom stereocenters. The molecule has 30 heteroatoms. The summed E-state index contributed by atoms with van der Waals surface area (Å²) >= 11 is 0. The predicted octanol–water partition coefficient (Wildman–Crippen LogP) is 7.35. The Hall–Kier alpha value is -3.86. The smallest absolute Gasteiger partial charge is 0.460 e. The SMILES string of the molecule is C=C(C(=O)OCC)C(F)(F)C(F)(F)C(F)(F)C(F)(F)C(F)(F)C(F)(F)C(F)(F)C(F)(F)F.C=CC(=O)NC(C)(C)CS(=O)(=O)O.C=CC(=O)OCC(F)(F)F. The molecular formula is C25H25F20NO8S. The van der Waals surface area contributed by atoms with Crippen LogP contribution in [0.3, 0.4) is 0 Å². The van der Waals surface area contributed by atoms with Gasteiger partial charge in [0.15, 0.2) is 6.61 Å². The van der Waals surface area contributed by atoms with Crippen molar-refractivity contribution in [2.75, 3.05) is 19.0 Å². The summed E-state index contributed by atoms with van der Waals surface area (Å²) in [5.74, 6) is -62.5. The zero-order valence-electron chi connectivity index (χ0n) is 27.2. The van der Waals surface area contributed by atoms with Gasteiger partial charge in [-0.05, 0) is 26.8 Å². The molecule has 0 aliphatic rings. The molecule has 324 valence electrons. The van der Waals surface area contributed by atoms with Crippen LogP contribution in [0.2, 0.25) is 0 Å². The van der Waals surface area contributed by atoms with Crippen LogP contribution >= 0.6 is 0 Å². The van der Waals surface area contributed by atoms with Crippen molar-refractivity contribution in [3.05, 3.63) is 37.5 Å². The van der Waals surface area contributed by atoms with Gasteiger partial charge in [0.1, 0.15) is 5.57 Å². The summed E-state index contributed by atoms with van der Waals surface area (Å²) in [4.78, 5) is 31.8. The second kappa shape index (κ2) is 17.9. The minimum absolute atomic E-state index is 0.478. The highest BCUT2D eigenvalue weighted by Gasteiger charge is 2.95. The Balaban J connectivity index is -0.000000953. The molecular weight excluding hydrogens is 854 g/mol. The highest BCUT2D eigenvalue weighted by Crippen LogP contribution is 2.64. The highest BCUT2D eigenvalue weighted by atomic mass is 32.2. The summed E-state index contributed by atoms with van der Waals surface area (Å²) < 4.78 is 292. The van der Waals surface area contributed by atoms with Crippen LogP contribution in [0.1, 0.15) is 20.8 Å². The van der Waals surface area contributed by atoms with Crippen molar-refractivity contribution in [1.82, 2.24) is 5.32 Å². The summed E-state index contributed by atoms with van der Waals surface area (Å²) in [6.07, 6.45) is -10.6. The Morgan fingerprint density at radius 1 is 0.655 bits per heavy atom. The minimum Gasteiger partial charge on any atom is -0.462 e. The number of esters is 2. The lowest BCUT2D eigenvalue weighted by molar-refractivity contribution is -0.460. The maximum absolute atomic E-state index is 13.6. The van der Waals surface area contributed by atoms with E-state index in [4.69, 9.17) is 4.55 Å². The van der Waals surface area contributed by atoms with Crippen molar-refractivity contribution < 1.29 is 125 Å². The number of carbonyl (C=O) groups excluding carboxylic acids is 3. The summed E-state index contributed by atoms with van der Waals surface area (Å²) in [5, 5.41) is 2.37. The molecule has 0 aliphatic carbocycles. The molecule has 2 N–H and O–H groups in total. The molecule has 0 aromatic carbocycles. The van der Waals surface area contributed by atoms with E-state index >= 15 is 0 Å². The maximum Gasteiger partial charge on any atom is 0.460 e. The van der Waals surface area contributed by atoms with Crippen LogP contribution in [0.15, 0.2) is 37.5 Å². The van der Waals surface area contributed by atoms with Gasteiger partial charge in [-0.15, -0.1) is 0 Å². The van der Waals surface area contributed by atoms with Gasteiger partial charge in [0, 0.05) is 6.08 Å². The van der Waals surface area contributed by atoms with E-state index in [0.29, 0.717) is 6.08 Å².